The summed E-state index contributed by atoms with van der Waals surface area (Å²) in [6, 6.07) is 9.35. The molecule has 1 aromatic heterocycles. The minimum absolute atomic E-state index is 0.538. The highest BCUT2D eigenvalue weighted by atomic mass is 16.4. The summed E-state index contributed by atoms with van der Waals surface area (Å²) in [6.45, 7) is 3.20. The van der Waals surface area contributed by atoms with E-state index in [0.717, 1.165) is 16.9 Å². The molecular weight excluding hydrogens is 266 g/mol. The lowest BCUT2D eigenvalue weighted by Gasteiger charge is -2.20. The number of hydrogen-bond donors (Lipinski definition) is 1. The molecule has 0 radical (unpaired) electrons. The van der Waals surface area contributed by atoms with E-state index in [0.29, 0.717) is 13.1 Å². The van der Waals surface area contributed by atoms with Crippen molar-refractivity contribution < 1.29 is 9.90 Å². The van der Waals surface area contributed by atoms with Crippen molar-refractivity contribution in [2.45, 2.75) is 19.5 Å². The molecule has 0 saturated heterocycles. The molecule has 21 heavy (non-hydrogen) atoms. The Balaban J connectivity index is 1.81. The molecule has 1 N–H and O–H groups in total. The van der Waals surface area contributed by atoms with Gasteiger partial charge in [-0.1, -0.05) is 30.4 Å². The molecule has 1 aliphatic heterocycles. The van der Waals surface area contributed by atoms with E-state index in [2.05, 4.69) is 5.10 Å². The van der Waals surface area contributed by atoms with Gasteiger partial charge in [-0.2, -0.15) is 5.10 Å². The molecule has 108 valence electrons. The predicted octanol–water partition coefficient (Wildman–Crippen LogP) is 2.01. The van der Waals surface area contributed by atoms with Crippen molar-refractivity contribution in [1.82, 2.24) is 14.7 Å². The molecule has 0 fully saturated rings. The van der Waals surface area contributed by atoms with Crippen LogP contribution in [0.15, 0.2) is 48.7 Å². The second-order valence-corrected chi connectivity index (χ2v) is 5.16. The maximum atomic E-state index is 11.2. The number of hydrogen-bond acceptors (Lipinski definition) is 3. The van der Waals surface area contributed by atoms with Crippen LogP contribution in [-0.4, -0.2) is 38.3 Å². The van der Waals surface area contributed by atoms with Gasteiger partial charge >= 0.3 is 5.97 Å². The van der Waals surface area contributed by atoms with Crippen LogP contribution in [0, 0.1) is 6.92 Å². The summed E-state index contributed by atoms with van der Waals surface area (Å²) in [4.78, 5) is 13.1. The lowest BCUT2D eigenvalue weighted by molar-refractivity contribution is -0.141. The Morgan fingerprint density at radius 3 is 2.86 bits per heavy atom. The molecular formula is C16H17N3O2. The van der Waals surface area contributed by atoms with E-state index in [9.17, 15) is 9.90 Å². The number of carbonyl (C=O) groups is 1. The largest absolute Gasteiger partial charge is 0.480 e. The molecule has 0 saturated carbocycles. The zero-order chi connectivity index (χ0) is 14.8. The maximum absolute atomic E-state index is 11.2. The zero-order valence-corrected chi connectivity index (χ0v) is 11.8. The topological polar surface area (TPSA) is 58.4 Å². The van der Waals surface area contributed by atoms with E-state index in [1.54, 1.807) is 6.08 Å². The van der Waals surface area contributed by atoms with Crippen LogP contribution < -0.4 is 0 Å². The van der Waals surface area contributed by atoms with E-state index in [-0.39, 0.29) is 0 Å². The second-order valence-electron chi connectivity index (χ2n) is 5.16. The zero-order valence-electron chi connectivity index (χ0n) is 11.8. The number of benzene rings is 1. The molecule has 3 rings (SSSR count). The van der Waals surface area contributed by atoms with Gasteiger partial charge in [-0.25, -0.2) is 4.68 Å². The second kappa shape index (κ2) is 5.54. The molecule has 0 spiro atoms. The van der Waals surface area contributed by atoms with E-state index in [1.807, 2.05) is 59.1 Å². The Hall–Kier alpha value is -2.40. The number of nitrogens with zero attached hydrogens (tertiary/aromatic N) is 3. The van der Waals surface area contributed by atoms with E-state index < -0.39 is 12.0 Å². The minimum atomic E-state index is -0.808. The van der Waals surface area contributed by atoms with Crippen LogP contribution in [0.4, 0.5) is 0 Å². The van der Waals surface area contributed by atoms with Crippen LogP contribution >= 0.6 is 0 Å². The van der Waals surface area contributed by atoms with Crippen molar-refractivity contribution in [2.75, 3.05) is 6.54 Å². The molecule has 0 amide bonds. The molecule has 5 nitrogen and oxygen atoms in total. The van der Waals surface area contributed by atoms with Gasteiger partial charge in [0.25, 0.3) is 0 Å². The highest BCUT2D eigenvalue weighted by molar-refractivity contribution is 5.76. The van der Waals surface area contributed by atoms with Gasteiger partial charge in [-0.15, -0.1) is 0 Å². The number of aryl methyl sites for hydroxylation is 1. The summed E-state index contributed by atoms with van der Waals surface area (Å²) < 4.78 is 1.84. The van der Waals surface area contributed by atoms with E-state index in [1.165, 1.54) is 0 Å². The molecule has 1 aromatic carbocycles. The molecule has 1 unspecified atom stereocenters. The van der Waals surface area contributed by atoms with E-state index >= 15 is 0 Å². The molecule has 0 bridgehead atoms. The normalized spacial score (nSPS) is 18.2. The Kier molecular flexibility index (Phi) is 3.58. The van der Waals surface area contributed by atoms with Gasteiger partial charge in [0.1, 0.15) is 6.04 Å². The monoisotopic (exact) mass is 283 g/mol. The van der Waals surface area contributed by atoms with Gasteiger partial charge in [-0.05, 0) is 19.1 Å². The van der Waals surface area contributed by atoms with Crippen molar-refractivity contribution in [3.05, 3.63) is 59.9 Å². The average molecular weight is 283 g/mol. The first-order valence-electron chi connectivity index (χ1n) is 6.89. The third-order valence-electron chi connectivity index (χ3n) is 3.70. The van der Waals surface area contributed by atoms with Crippen LogP contribution in [0.5, 0.6) is 0 Å². The standard InChI is InChI=1S/C16H17N3O2/c1-12-13(10-18-9-5-8-15(18)16(20)21)11-19(17-12)14-6-3-2-4-7-14/h2-8,11,15H,9-10H2,1H3,(H,20,21). The van der Waals surface area contributed by atoms with Crippen LogP contribution in [0.2, 0.25) is 0 Å². The first kappa shape index (κ1) is 13.6. The van der Waals surface area contributed by atoms with Gasteiger partial charge in [-0.3, -0.25) is 9.69 Å². The van der Waals surface area contributed by atoms with Gasteiger partial charge in [0.2, 0.25) is 0 Å². The highest BCUT2D eigenvalue weighted by Crippen LogP contribution is 2.18. The molecule has 2 aromatic rings. The third kappa shape index (κ3) is 2.73. The first-order chi connectivity index (χ1) is 10.1. The van der Waals surface area contributed by atoms with Gasteiger partial charge in [0.15, 0.2) is 0 Å². The number of para-hydroxylation sites is 1. The summed E-state index contributed by atoms with van der Waals surface area (Å²) in [6.07, 6.45) is 5.61. The summed E-state index contributed by atoms with van der Waals surface area (Å²) in [5, 5.41) is 13.7. The van der Waals surface area contributed by atoms with Crippen molar-refractivity contribution >= 4 is 5.97 Å². The average Bonchev–Trinajstić information content (AvgIpc) is 3.08. The van der Waals surface area contributed by atoms with Crippen molar-refractivity contribution in [3.63, 3.8) is 0 Å². The van der Waals surface area contributed by atoms with Gasteiger partial charge in [0.05, 0.1) is 11.4 Å². The Morgan fingerprint density at radius 1 is 1.38 bits per heavy atom. The van der Waals surface area contributed by atoms with Crippen molar-refractivity contribution in [2.24, 2.45) is 0 Å². The lowest BCUT2D eigenvalue weighted by atomic mass is 10.2. The lowest BCUT2D eigenvalue weighted by Crippen LogP contribution is -2.35. The van der Waals surface area contributed by atoms with Crippen LogP contribution in [0.25, 0.3) is 5.69 Å². The molecule has 1 aliphatic rings. The summed E-state index contributed by atoms with van der Waals surface area (Å²) in [5.41, 5.74) is 2.98. The van der Waals surface area contributed by atoms with E-state index in [4.69, 9.17) is 0 Å². The number of aliphatic carboxylic acids is 1. The van der Waals surface area contributed by atoms with Crippen LogP contribution in [0.3, 0.4) is 0 Å². The van der Waals surface area contributed by atoms with Crippen LogP contribution in [-0.2, 0) is 11.3 Å². The van der Waals surface area contributed by atoms with Crippen molar-refractivity contribution in [1.29, 1.82) is 0 Å². The maximum Gasteiger partial charge on any atom is 0.324 e. The fourth-order valence-electron chi connectivity index (χ4n) is 2.54. The number of rotatable bonds is 4. The Morgan fingerprint density at radius 2 is 2.14 bits per heavy atom. The molecule has 1 atom stereocenters. The molecule has 2 heterocycles. The number of aromatic nitrogens is 2. The molecule has 0 aliphatic carbocycles. The minimum Gasteiger partial charge on any atom is -0.480 e. The summed E-state index contributed by atoms with van der Waals surface area (Å²) >= 11 is 0. The predicted molar refractivity (Wildman–Crippen MR) is 79.3 cm³/mol. The smallest absolute Gasteiger partial charge is 0.324 e. The number of carboxylic acids is 1. The fraction of sp³-hybridized carbons (Fsp3) is 0.250. The summed E-state index contributed by atoms with van der Waals surface area (Å²) in [5.74, 6) is -0.808. The third-order valence-corrected chi connectivity index (χ3v) is 3.70. The Bertz CT molecular complexity index is 676. The SMILES string of the molecule is Cc1nn(-c2ccccc2)cc1CN1CC=CC1C(=O)O. The fourth-order valence-corrected chi connectivity index (χ4v) is 2.54. The Labute approximate surface area is 123 Å². The highest BCUT2D eigenvalue weighted by Gasteiger charge is 2.26. The van der Waals surface area contributed by atoms with Crippen molar-refractivity contribution in [3.8, 4) is 5.69 Å². The summed E-state index contributed by atoms with van der Waals surface area (Å²) in [7, 11) is 0. The first-order valence-corrected chi connectivity index (χ1v) is 6.89. The quantitative estimate of drug-likeness (QED) is 0.872. The number of carboxylic acid groups (broad SMARTS) is 1. The van der Waals surface area contributed by atoms with Gasteiger partial charge < -0.3 is 5.11 Å². The molecule has 5 heteroatoms. The van der Waals surface area contributed by atoms with Gasteiger partial charge in [0, 0.05) is 24.8 Å². The van der Waals surface area contributed by atoms with Crippen LogP contribution in [0.1, 0.15) is 11.3 Å².